The molecule has 0 N–H and O–H groups in total. The quantitative estimate of drug-likeness (QED) is 0.498. The molecule has 0 radical (unpaired) electrons. The van der Waals surface area contributed by atoms with Crippen molar-refractivity contribution in [3.8, 4) is 5.82 Å². The van der Waals surface area contributed by atoms with Crippen LogP contribution >= 0.6 is 0 Å². The molecule has 0 fully saturated rings. The highest BCUT2D eigenvalue weighted by Crippen LogP contribution is 2.24. The molecule has 0 bridgehead atoms. The number of pyridine rings is 2. The largest absolute Gasteiger partial charge is 0.268 e. The fourth-order valence-corrected chi connectivity index (χ4v) is 2.95. The molecule has 3 nitrogen and oxygen atoms in total. The van der Waals surface area contributed by atoms with Crippen LogP contribution < -0.4 is 5.56 Å². The molecule has 2 aromatic carbocycles. The Labute approximate surface area is 127 Å². The second-order valence-electron chi connectivity index (χ2n) is 5.35. The van der Waals surface area contributed by atoms with Gasteiger partial charge in [-0.25, -0.2) is 4.98 Å². The summed E-state index contributed by atoms with van der Waals surface area (Å²) in [4.78, 5) is 17.4. The third kappa shape index (κ3) is 1.76. The van der Waals surface area contributed by atoms with Gasteiger partial charge in [0.2, 0.25) is 0 Å². The first-order valence-electron chi connectivity index (χ1n) is 7.22. The Hall–Kier alpha value is -2.94. The standard InChI is InChI=1S/C19H14N2O/c1-13-7-6-12-20-18(13)21-17-11-5-4-9-15(17)14-8-2-3-10-16(14)19(21)22/h2-12H,1H3. The second kappa shape index (κ2) is 4.81. The van der Waals surface area contributed by atoms with Gasteiger partial charge in [0.25, 0.3) is 5.56 Å². The van der Waals surface area contributed by atoms with Crippen LogP contribution in [0.25, 0.3) is 27.5 Å². The van der Waals surface area contributed by atoms with Crippen molar-refractivity contribution in [2.45, 2.75) is 6.92 Å². The third-order valence-corrected chi connectivity index (χ3v) is 3.99. The van der Waals surface area contributed by atoms with Gasteiger partial charge in [0, 0.05) is 17.0 Å². The molecule has 2 heterocycles. The maximum absolute atomic E-state index is 13.0. The molecule has 0 atom stereocenters. The van der Waals surface area contributed by atoms with Crippen molar-refractivity contribution in [2.75, 3.05) is 0 Å². The van der Waals surface area contributed by atoms with Gasteiger partial charge in [0.1, 0.15) is 5.82 Å². The number of nitrogens with zero attached hydrogens (tertiary/aromatic N) is 2. The molecule has 2 aromatic heterocycles. The first-order chi connectivity index (χ1) is 10.8. The van der Waals surface area contributed by atoms with Crippen LogP contribution in [0.4, 0.5) is 0 Å². The van der Waals surface area contributed by atoms with Crippen molar-refractivity contribution in [3.05, 3.63) is 82.8 Å². The van der Waals surface area contributed by atoms with Gasteiger partial charge in [-0.2, -0.15) is 0 Å². The predicted molar refractivity (Wildman–Crippen MR) is 89.6 cm³/mol. The van der Waals surface area contributed by atoms with Gasteiger partial charge >= 0.3 is 0 Å². The first kappa shape index (κ1) is 12.8. The zero-order valence-electron chi connectivity index (χ0n) is 12.2. The second-order valence-corrected chi connectivity index (χ2v) is 5.35. The van der Waals surface area contributed by atoms with E-state index in [9.17, 15) is 4.79 Å². The van der Waals surface area contributed by atoms with Crippen molar-refractivity contribution < 1.29 is 0 Å². The van der Waals surface area contributed by atoms with E-state index in [1.807, 2.05) is 67.6 Å². The van der Waals surface area contributed by atoms with E-state index >= 15 is 0 Å². The van der Waals surface area contributed by atoms with Gasteiger partial charge in [-0.05, 0) is 36.1 Å². The molecule has 0 saturated carbocycles. The molecular formula is C19H14N2O. The number of rotatable bonds is 1. The van der Waals surface area contributed by atoms with Crippen LogP contribution in [0.5, 0.6) is 0 Å². The van der Waals surface area contributed by atoms with E-state index in [-0.39, 0.29) is 5.56 Å². The van der Waals surface area contributed by atoms with Gasteiger partial charge in [0.05, 0.1) is 5.52 Å². The van der Waals surface area contributed by atoms with Gasteiger partial charge < -0.3 is 0 Å². The minimum absolute atomic E-state index is 0.0314. The van der Waals surface area contributed by atoms with Crippen LogP contribution in [0, 0.1) is 6.92 Å². The number of fused-ring (bicyclic) bond motifs is 3. The van der Waals surface area contributed by atoms with Crippen LogP contribution in [0.2, 0.25) is 0 Å². The van der Waals surface area contributed by atoms with Gasteiger partial charge in [0.15, 0.2) is 0 Å². The maximum atomic E-state index is 13.0. The average molecular weight is 286 g/mol. The van der Waals surface area contributed by atoms with Crippen LogP contribution in [0.1, 0.15) is 5.56 Å². The number of hydrogen-bond donors (Lipinski definition) is 0. The molecule has 106 valence electrons. The number of aromatic nitrogens is 2. The monoisotopic (exact) mass is 286 g/mol. The van der Waals surface area contributed by atoms with Gasteiger partial charge in [-0.1, -0.05) is 42.5 Å². The lowest BCUT2D eigenvalue weighted by atomic mass is 10.1. The predicted octanol–water partition coefficient (Wildman–Crippen LogP) is 3.85. The summed E-state index contributed by atoms with van der Waals surface area (Å²) in [6.45, 7) is 1.97. The maximum Gasteiger partial charge on any atom is 0.264 e. The molecule has 4 aromatic rings. The summed E-state index contributed by atoms with van der Waals surface area (Å²) in [6.07, 6.45) is 1.72. The molecule has 0 aliphatic rings. The summed E-state index contributed by atoms with van der Waals surface area (Å²) in [7, 11) is 0. The van der Waals surface area contributed by atoms with Crippen LogP contribution in [0.3, 0.4) is 0 Å². The Morgan fingerprint density at radius 3 is 2.27 bits per heavy atom. The molecule has 3 heteroatoms. The lowest BCUT2D eigenvalue weighted by Gasteiger charge is -2.13. The summed E-state index contributed by atoms with van der Waals surface area (Å²) in [6, 6.07) is 19.5. The van der Waals surface area contributed by atoms with Crippen LogP contribution in [-0.2, 0) is 0 Å². The van der Waals surface area contributed by atoms with E-state index in [2.05, 4.69) is 4.98 Å². The first-order valence-corrected chi connectivity index (χ1v) is 7.22. The van der Waals surface area contributed by atoms with E-state index in [0.717, 1.165) is 21.9 Å². The Morgan fingerprint density at radius 1 is 0.818 bits per heavy atom. The van der Waals surface area contributed by atoms with Crippen molar-refractivity contribution in [1.29, 1.82) is 0 Å². The average Bonchev–Trinajstić information content (AvgIpc) is 2.57. The van der Waals surface area contributed by atoms with Crippen molar-refractivity contribution in [2.24, 2.45) is 0 Å². The Balaban J connectivity index is 2.29. The van der Waals surface area contributed by atoms with E-state index in [1.54, 1.807) is 10.8 Å². The SMILES string of the molecule is Cc1cccnc1-n1c(=O)c2ccccc2c2ccccc21. The fraction of sp³-hybridized carbons (Fsp3) is 0.0526. The summed E-state index contributed by atoms with van der Waals surface area (Å²) >= 11 is 0. The topological polar surface area (TPSA) is 34.9 Å². The zero-order valence-corrected chi connectivity index (χ0v) is 12.2. The highest BCUT2D eigenvalue weighted by molar-refractivity contribution is 6.06. The highest BCUT2D eigenvalue weighted by Gasteiger charge is 2.13. The molecule has 0 aliphatic carbocycles. The Morgan fingerprint density at radius 2 is 1.50 bits per heavy atom. The fourth-order valence-electron chi connectivity index (χ4n) is 2.95. The summed E-state index contributed by atoms with van der Waals surface area (Å²) in [5, 5.41) is 2.75. The molecule has 0 aliphatic heterocycles. The van der Waals surface area contributed by atoms with E-state index < -0.39 is 0 Å². The van der Waals surface area contributed by atoms with Crippen molar-refractivity contribution in [3.63, 3.8) is 0 Å². The van der Waals surface area contributed by atoms with Crippen molar-refractivity contribution >= 4 is 21.7 Å². The third-order valence-electron chi connectivity index (χ3n) is 3.99. The van der Waals surface area contributed by atoms with E-state index in [1.165, 1.54) is 0 Å². The van der Waals surface area contributed by atoms with Crippen molar-refractivity contribution in [1.82, 2.24) is 9.55 Å². The zero-order chi connectivity index (χ0) is 15.1. The number of hydrogen-bond acceptors (Lipinski definition) is 2. The molecular weight excluding hydrogens is 272 g/mol. The molecule has 0 amide bonds. The lowest BCUT2D eigenvalue weighted by Crippen LogP contribution is -2.21. The Kier molecular flexibility index (Phi) is 2.79. The number of benzene rings is 2. The minimum Gasteiger partial charge on any atom is -0.268 e. The smallest absolute Gasteiger partial charge is 0.264 e. The summed E-state index contributed by atoms with van der Waals surface area (Å²) in [5.74, 6) is 0.689. The van der Waals surface area contributed by atoms with Crippen LogP contribution in [0.15, 0.2) is 71.7 Å². The Bertz CT molecular complexity index is 1060. The normalized spacial score (nSPS) is 11.1. The van der Waals surface area contributed by atoms with E-state index in [4.69, 9.17) is 0 Å². The molecule has 22 heavy (non-hydrogen) atoms. The molecule has 0 saturated heterocycles. The lowest BCUT2D eigenvalue weighted by molar-refractivity contribution is 0.979. The number of para-hydroxylation sites is 1. The molecule has 0 unspecified atom stereocenters. The molecule has 0 spiro atoms. The van der Waals surface area contributed by atoms with Crippen LogP contribution in [-0.4, -0.2) is 9.55 Å². The highest BCUT2D eigenvalue weighted by atomic mass is 16.1. The van der Waals surface area contributed by atoms with Gasteiger partial charge in [-0.15, -0.1) is 0 Å². The van der Waals surface area contributed by atoms with E-state index in [0.29, 0.717) is 11.2 Å². The minimum atomic E-state index is -0.0314. The summed E-state index contributed by atoms with van der Waals surface area (Å²) < 4.78 is 1.72. The number of aryl methyl sites for hydroxylation is 1. The van der Waals surface area contributed by atoms with Gasteiger partial charge in [-0.3, -0.25) is 9.36 Å². The summed E-state index contributed by atoms with van der Waals surface area (Å²) in [5.41, 5.74) is 1.83. The molecule has 4 rings (SSSR count).